The Morgan fingerprint density at radius 3 is 2.10 bits per heavy atom. The van der Waals surface area contributed by atoms with Crippen LogP contribution < -0.4 is 10.4 Å². The second kappa shape index (κ2) is 6.85. The smallest absolute Gasteiger partial charge is 0.187 e. The Kier molecular flexibility index (Phi) is 4.90. The maximum absolute atomic E-state index is 11.9. The van der Waals surface area contributed by atoms with E-state index < -0.39 is 5.97 Å². The summed E-state index contributed by atoms with van der Waals surface area (Å²) in [6, 6.07) is 13.1. The SMILES string of the molecule is O=C([O-])c1ccc(N/C=C/C(=O)c2ccc(Br)cc2)cc1. The molecule has 0 aromatic heterocycles. The molecule has 0 amide bonds. The first kappa shape index (κ1) is 15.0. The predicted molar refractivity (Wildman–Crippen MR) is 82.0 cm³/mol. The Morgan fingerprint density at radius 1 is 0.952 bits per heavy atom. The molecule has 0 saturated carbocycles. The third-order valence-corrected chi connectivity index (χ3v) is 3.26. The van der Waals surface area contributed by atoms with E-state index in [-0.39, 0.29) is 11.3 Å². The van der Waals surface area contributed by atoms with Gasteiger partial charge in [0.25, 0.3) is 0 Å². The van der Waals surface area contributed by atoms with Crippen LogP contribution in [0.3, 0.4) is 0 Å². The molecular formula is C16H11BrNO3-. The number of halogens is 1. The van der Waals surface area contributed by atoms with Crippen molar-refractivity contribution < 1.29 is 14.7 Å². The molecule has 0 fully saturated rings. The van der Waals surface area contributed by atoms with Crippen LogP contribution in [0.4, 0.5) is 5.69 Å². The average molecular weight is 345 g/mol. The zero-order chi connectivity index (χ0) is 15.2. The summed E-state index contributed by atoms with van der Waals surface area (Å²) in [5.41, 5.74) is 1.37. The van der Waals surface area contributed by atoms with E-state index in [9.17, 15) is 14.7 Å². The third-order valence-electron chi connectivity index (χ3n) is 2.73. The maximum atomic E-state index is 11.9. The van der Waals surface area contributed by atoms with E-state index in [0.29, 0.717) is 11.3 Å². The maximum Gasteiger partial charge on any atom is 0.187 e. The van der Waals surface area contributed by atoms with Crippen molar-refractivity contribution in [1.29, 1.82) is 0 Å². The molecule has 0 spiro atoms. The fraction of sp³-hybridized carbons (Fsp3) is 0. The lowest BCUT2D eigenvalue weighted by atomic mass is 10.1. The number of ketones is 1. The zero-order valence-electron chi connectivity index (χ0n) is 10.9. The molecule has 106 valence electrons. The number of hydrogen-bond donors (Lipinski definition) is 1. The van der Waals surface area contributed by atoms with Crippen LogP contribution in [0, 0.1) is 0 Å². The minimum atomic E-state index is -1.22. The van der Waals surface area contributed by atoms with Crippen LogP contribution in [-0.2, 0) is 0 Å². The van der Waals surface area contributed by atoms with Gasteiger partial charge in [-0.1, -0.05) is 28.1 Å². The first-order valence-corrected chi connectivity index (χ1v) is 6.90. The van der Waals surface area contributed by atoms with Crippen molar-refractivity contribution in [1.82, 2.24) is 0 Å². The van der Waals surface area contributed by atoms with Crippen molar-refractivity contribution >= 4 is 33.4 Å². The van der Waals surface area contributed by atoms with Gasteiger partial charge in [-0.25, -0.2) is 0 Å². The van der Waals surface area contributed by atoms with Crippen molar-refractivity contribution in [2.24, 2.45) is 0 Å². The first-order chi connectivity index (χ1) is 10.1. The largest absolute Gasteiger partial charge is 0.545 e. The number of carboxylic acid groups (broad SMARTS) is 1. The topological polar surface area (TPSA) is 69.2 Å². The lowest BCUT2D eigenvalue weighted by molar-refractivity contribution is -0.255. The highest BCUT2D eigenvalue weighted by Gasteiger charge is 2.00. The van der Waals surface area contributed by atoms with E-state index in [4.69, 9.17) is 0 Å². The van der Waals surface area contributed by atoms with Crippen molar-refractivity contribution in [2.75, 3.05) is 5.32 Å². The molecule has 2 aromatic carbocycles. The van der Waals surface area contributed by atoms with Gasteiger partial charge < -0.3 is 15.2 Å². The molecule has 0 saturated heterocycles. The summed E-state index contributed by atoms with van der Waals surface area (Å²) in [5.74, 6) is -1.34. The molecule has 0 atom stereocenters. The number of hydrogen-bond acceptors (Lipinski definition) is 4. The number of nitrogens with one attached hydrogen (secondary N) is 1. The lowest BCUT2D eigenvalue weighted by Gasteiger charge is -2.04. The molecule has 0 bridgehead atoms. The summed E-state index contributed by atoms with van der Waals surface area (Å²) in [6.07, 6.45) is 2.92. The number of carbonyl (C=O) groups is 2. The van der Waals surface area contributed by atoms with Crippen LogP contribution >= 0.6 is 15.9 Å². The fourth-order valence-corrected chi connectivity index (χ4v) is 1.89. The molecular weight excluding hydrogens is 334 g/mol. The molecule has 4 nitrogen and oxygen atoms in total. The second-order valence-corrected chi connectivity index (χ2v) is 5.13. The summed E-state index contributed by atoms with van der Waals surface area (Å²) in [7, 11) is 0. The van der Waals surface area contributed by atoms with Crippen LogP contribution in [0.1, 0.15) is 20.7 Å². The average Bonchev–Trinajstić information content (AvgIpc) is 2.48. The van der Waals surface area contributed by atoms with Gasteiger partial charge in [0, 0.05) is 28.0 Å². The Balaban J connectivity index is 1.97. The molecule has 2 aromatic rings. The van der Waals surface area contributed by atoms with Gasteiger partial charge in [0.15, 0.2) is 5.78 Å². The van der Waals surface area contributed by atoms with E-state index in [1.165, 1.54) is 24.4 Å². The van der Waals surface area contributed by atoms with E-state index in [2.05, 4.69) is 21.2 Å². The van der Waals surface area contributed by atoms with Crippen LogP contribution in [0.2, 0.25) is 0 Å². The van der Waals surface area contributed by atoms with E-state index in [1.54, 1.807) is 36.4 Å². The van der Waals surface area contributed by atoms with Gasteiger partial charge in [-0.2, -0.15) is 0 Å². The van der Waals surface area contributed by atoms with Gasteiger partial charge in [0.05, 0.1) is 5.97 Å². The van der Waals surface area contributed by atoms with Crippen LogP contribution in [-0.4, -0.2) is 11.8 Å². The van der Waals surface area contributed by atoms with Crippen molar-refractivity contribution in [3.63, 3.8) is 0 Å². The third kappa shape index (κ3) is 4.29. The van der Waals surface area contributed by atoms with Gasteiger partial charge in [-0.15, -0.1) is 0 Å². The van der Waals surface area contributed by atoms with Gasteiger partial charge in [-0.05, 0) is 42.0 Å². The summed E-state index contributed by atoms with van der Waals surface area (Å²) >= 11 is 3.31. The fourth-order valence-electron chi connectivity index (χ4n) is 1.63. The number of carbonyl (C=O) groups excluding carboxylic acids is 2. The minimum Gasteiger partial charge on any atom is -0.545 e. The van der Waals surface area contributed by atoms with Crippen LogP contribution in [0.15, 0.2) is 65.3 Å². The monoisotopic (exact) mass is 344 g/mol. The molecule has 0 aliphatic heterocycles. The number of anilines is 1. The molecule has 1 N–H and O–H groups in total. The lowest BCUT2D eigenvalue weighted by Crippen LogP contribution is -2.21. The van der Waals surface area contributed by atoms with Gasteiger partial charge in [0.1, 0.15) is 0 Å². The second-order valence-electron chi connectivity index (χ2n) is 4.21. The molecule has 5 heteroatoms. The zero-order valence-corrected chi connectivity index (χ0v) is 12.5. The number of allylic oxidation sites excluding steroid dienone is 1. The standard InChI is InChI=1S/C16H12BrNO3/c17-13-5-1-11(2-6-13)15(19)9-10-18-14-7-3-12(4-8-14)16(20)21/h1-10,18H,(H,20,21)/p-1/b10-9+. The van der Waals surface area contributed by atoms with Gasteiger partial charge in [0.2, 0.25) is 0 Å². The molecule has 2 rings (SSSR count). The summed E-state index contributed by atoms with van der Waals surface area (Å²) < 4.78 is 0.911. The van der Waals surface area contributed by atoms with Crippen LogP contribution in [0.25, 0.3) is 0 Å². The predicted octanol–water partition coefficient (Wildman–Crippen LogP) is 2.62. The molecule has 0 aliphatic carbocycles. The Bertz CT molecular complexity index is 676. The van der Waals surface area contributed by atoms with Gasteiger partial charge in [-0.3, -0.25) is 4.79 Å². The molecule has 0 unspecified atom stereocenters. The Labute approximate surface area is 130 Å². The van der Waals surface area contributed by atoms with E-state index >= 15 is 0 Å². The van der Waals surface area contributed by atoms with E-state index in [1.807, 2.05) is 0 Å². The highest BCUT2D eigenvalue weighted by Crippen LogP contribution is 2.12. The van der Waals surface area contributed by atoms with Crippen molar-refractivity contribution in [3.05, 3.63) is 76.4 Å². The summed E-state index contributed by atoms with van der Waals surface area (Å²) in [6.45, 7) is 0. The normalized spacial score (nSPS) is 10.5. The number of carboxylic acids is 1. The molecule has 0 heterocycles. The van der Waals surface area contributed by atoms with E-state index in [0.717, 1.165) is 4.47 Å². The number of rotatable bonds is 5. The molecule has 0 aliphatic rings. The number of benzene rings is 2. The molecule has 21 heavy (non-hydrogen) atoms. The van der Waals surface area contributed by atoms with Gasteiger partial charge >= 0.3 is 0 Å². The summed E-state index contributed by atoms with van der Waals surface area (Å²) in [4.78, 5) is 22.5. The minimum absolute atomic E-state index is 0.107. The highest BCUT2D eigenvalue weighted by molar-refractivity contribution is 9.10. The Morgan fingerprint density at radius 2 is 1.52 bits per heavy atom. The molecule has 0 radical (unpaired) electrons. The van der Waals surface area contributed by atoms with Crippen LogP contribution in [0.5, 0.6) is 0 Å². The quantitative estimate of drug-likeness (QED) is 0.668. The van der Waals surface area contributed by atoms with Crippen molar-refractivity contribution in [2.45, 2.75) is 0 Å². The van der Waals surface area contributed by atoms with Crippen molar-refractivity contribution in [3.8, 4) is 0 Å². The summed E-state index contributed by atoms with van der Waals surface area (Å²) in [5, 5.41) is 13.5. The number of aromatic carboxylic acids is 1. The first-order valence-electron chi connectivity index (χ1n) is 6.10. The Hall–Kier alpha value is -2.40. The highest BCUT2D eigenvalue weighted by atomic mass is 79.9.